The topological polar surface area (TPSA) is 50.1 Å². The molecule has 33 heavy (non-hydrogen) atoms. The van der Waals surface area contributed by atoms with Gasteiger partial charge in [-0.2, -0.15) is 5.26 Å². The number of hydrogen-bond donors (Lipinski definition) is 0. The number of carbonyl (C=O) groups excluding carboxylic acids is 1. The third-order valence-electron chi connectivity index (χ3n) is 5.28. The second-order valence-corrected chi connectivity index (χ2v) is 7.61. The number of halogens is 3. The third-order valence-corrected chi connectivity index (χ3v) is 5.28. The number of carbonyl (C=O) groups is 1. The third kappa shape index (κ3) is 5.21. The number of esters is 1. The molecule has 164 valence electrons. The Bertz CT molecular complexity index is 1390. The molecule has 0 saturated carbocycles. The van der Waals surface area contributed by atoms with Crippen molar-refractivity contribution in [2.45, 2.75) is 19.3 Å². The molecular weight excluding hydrogens is 427 g/mol. The number of fused-ring (bicyclic) bond motifs is 1. The molecule has 4 aromatic rings. The van der Waals surface area contributed by atoms with Gasteiger partial charge in [-0.05, 0) is 77.2 Å². The monoisotopic (exact) mass is 445 g/mol. The van der Waals surface area contributed by atoms with E-state index in [-0.39, 0.29) is 17.5 Å². The second-order valence-electron chi connectivity index (χ2n) is 7.61. The average molecular weight is 445 g/mol. The maximum Gasteiger partial charge on any atom is 0.311 e. The lowest BCUT2D eigenvalue weighted by molar-refractivity contribution is -0.134. The van der Waals surface area contributed by atoms with Gasteiger partial charge in [0, 0.05) is 12.0 Å². The minimum absolute atomic E-state index is 0.151. The van der Waals surface area contributed by atoms with E-state index in [4.69, 9.17) is 10.00 Å². The summed E-state index contributed by atoms with van der Waals surface area (Å²) in [7, 11) is 0. The molecule has 0 spiro atoms. The summed E-state index contributed by atoms with van der Waals surface area (Å²) in [6, 6.07) is 20.3. The molecule has 4 aromatic carbocycles. The molecule has 0 aromatic heterocycles. The van der Waals surface area contributed by atoms with Crippen molar-refractivity contribution in [2.24, 2.45) is 0 Å². The number of aryl methyl sites for hydroxylation is 1. The molecule has 0 radical (unpaired) electrons. The fraction of sp³-hybridized carbons (Fsp3) is 0.111. The Kier molecular flexibility index (Phi) is 6.41. The Morgan fingerprint density at radius 1 is 0.818 bits per heavy atom. The average Bonchev–Trinajstić information content (AvgIpc) is 2.80. The van der Waals surface area contributed by atoms with E-state index in [0.29, 0.717) is 29.7 Å². The van der Waals surface area contributed by atoms with E-state index < -0.39 is 23.4 Å². The molecule has 0 bridgehead atoms. The summed E-state index contributed by atoms with van der Waals surface area (Å²) in [5, 5.41) is 10.7. The van der Waals surface area contributed by atoms with Gasteiger partial charge in [0.15, 0.2) is 11.6 Å². The molecule has 0 aliphatic heterocycles. The van der Waals surface area contributed by atoms with Crippen molar-refractivity contribution in [3.63, 3.8) is 0 Å². The highest BCUT2D eigenvalue weighted by Crippen LogP contribution is 2.26. The van der Waals surface area contributed by atoms with Gasteiger partial charge < -0.3 is 4.74 Å². The van der Waals surface area contributed by atoms with Crippen molar-refractivity contribution >= 4 is 16.7 Å². The van der Waals surface area contributed by atoms with Crippen molar-refractivity contribution < 1.29 is 22.7 Å². The summed E-state index contributed by atoms with van der Waals surface area (Å²) in [4.78, 5) is 12.2. The van der Waals surface area contributed by atoms with Crippen LogP contribution in [0.25, 0.3) is 21.9 Å². The first-order valence-corrected chi connectivity index (χ1v) is 10.3. The van der Waals surface area contributed by atoms with E-state index in [9.17, 15) is 18.0 Å². The van der Waals surface area contributed by atoms with E-state index in [1.165, 1.54) is 18.2 Å². The van der Waals surface area contributed by atoms with Crippen molar-refractivity contribution in [3.05, 3.63) is 101 Å². The zero-order valence-electron chi connectivity index (χ0n) is 17.4. The molecule has 0 atom stereocenters. The van der Waals surface area contributed by atoms with Gasteiger partial charge >= 0.3 is 5.97 Å². The fourth-order valence-corrected chi connectivity index (χ4v) is 3.59. The van der Waals surface area contributed by atoms with Crippen LogP contribution in [0.1, 0.15) is 24.0 Å². The zero-order chi connectivity index (χ0) is 23.4. The SMILES string of the molecule is N#Cc1ccc2cc(OC(=O)CCCc3ccc(-c4ccc(F)c(F)c4)c(F)c3)ccc2c1. The first-order chi connectivity index (χ1) is 15.9. The fourth-order valence-electron chi connectivity index (χ4n) is 3.59. The zero-order valence-corrected chi connectivity index (χ0v) is 17.4. The molecule has 3 nitrogen and oxygen atoms in total. The van der Waals surface area contributed by atoms with Crippen LogP contribution in [0.3, 0.4) is 0 Å². The highest BCUT2D eigenvalue weighted by atomic mass is 19.2. The summed E-state index contributed by atoms with van der Waals surface area (Å²) >= 11 is 0. The molecule has 0 unspecified atom stereocenters. The summed E-state index contributed by atoms with van der Waals surface area (Å²) in [5.41, 5.74) is 1.67. The Balaban J connectivity index is 1.34. The lowest BCUT2D eigenvalue weighted by atomic mass is 10.0. The number of ether oxygens (including phenoxy) is 1. The van der Waals surface area contributed by atoms with Crippen LogP contribution in [0.15, 0.2) is 72.8 Å². The van der Waals surface area contributed by atoms with Crippen molar-refractivity contribution in [3.8, 4) is 22.9 Å². The lowest BCUT2D eigenvalue weighted by Crippen LogP contribution is -2.08. The maximum absolute atomic E-state index is 14.5. The summed E-state index contributed by atoms with van der Waals surface area (Å²) in [5.74, 6) is -2.55. The minimum Gasteiger partial charge on any atom is -0.427 e. The molecule has 0 heterocycles. The molecule has 0 saturated heterocycles. The van der Waals surface area contributed by atoms with E-state index in [0.717, 1.165) is 22.9 Å². The van der Waals surface area contributed by atoms with Crippen LogP contribution in [-0.2, 0) is 11.2 Å². The minimum atomic E-state index is -1.03. The standard InChI is InChI=1S/C27H18F3NO2/c28-24-11-8-21(15-26(24)30)23-10-5-17(13-25(23)29)2-1-3-27(32)33-22-9-7-19-12-18(16-31)4-6-20(19)14-22/h4-15H,1-3H2. The summed E-state index contributed by atoms with van der Waals surface area (Å²) in [6.45, 7) is 0. The predicted molar refractivity (Wildman–Crippen MR) is 119 cm³/mol. The number of hydrogen-bond acceptors (Lipinski definition) is 3. The number of benzene rings is 4. The van der Waals surface area contributed by atoms with Crippen molar-refractivity contribution in [1.82, 2.24) is 0 Å². The number of rotatable bonds is 6. The van der Waals surface area contributed by atoms with Crippen LogP contribution in [0, 0.1) is 28.8 Å². The van der Waals surface area contributed by atoms with Gasteiger partial charge in [0.25, 0.3) is 0 Å². The molecule has 0 N–H and O–H groups in total. The van der Waals surface area contributed by atoms with E-state index in [2.05, 4.69) is 6.07 Å². The Hall–Kier alpha value is -4.11. The predicted octanol–water partition coefficient (Wildman–Crippen LogP) is 6.72. The Morgan fingerprint density at radius 2 is 1.61 bits per heavy atom. The highest BCUT2D eigenvalue weighted by molar-refractivity contribution is 5.86. The molecule has 6 heteroatoms. The number of nitriles is 1. The van der Waals surface area contributed by atoms with Gasteiger partial charge in [0.1, 0.15) is 11.6 Å². The van der Waals surface area contributed by atoms with Crippen LogP contribution in [0.4, 0.5) is 13.2 Å². The number of nitrogens with zero attached hydrogens (tertiary/aromatic N) is 1. The maximum atomic E-state index is 14.5. The molecular formula is C27H18F3NO2. The van der Waals surface area contributed by atoms with Crippen molar-refractivity contribution in [1.29, 1.82) is 5.26 Å². The Labute approximate surface area is 188 Å². The summed E-state index contributed by atoms with van der Waals surface area (Å²) in [6.07, 6.45) is 1.07. The van der Waals surface area contributed by atoms with Gasteiger partial charge in [0.05, 0.1) is 11.6 Å². The lowest BCUT2D eigenvalue weighted by Gasteiger charge is -2.08. The molecule has 0 aliphatic rings. The van der Waals surface area contributed by atoms with Crippen LogP contribution < -0.4 is 4.74 Å². The van der Waals surface area contributed by atoms with Gasteiger partial charge in [-0.15, -0.1) is 0 Å². The van der Waals surface area contributed by atoms with Gasteiger partial charge in [-0.1, -0.05) is 30.3 Å². The largest absolute Gasteiger partial charge is 0.427 e. The highest BCUT2D eigenvalue weighted by Gasteiger charge is 2.11. The second kappa shape index (κ2) is 9.58. The van der Waals surface area contributed by atoms with Crippen LogP contribution in [-0.4, -0.2) is 5.97 Å². The molecule has 0 fully saturated rings. The molecule has 4 rings (SSSR count). The van der Waals surface area contributed by atoms with E-state index in [1.807, 2.05) is 0 Å². The van der Waals surface area contributed by atoms with Crippen molar-refractivity contribution in [2.75, 3.05) is 0 Å². The van der Waals surface area contributed by atoms with E-state index >= 15 is 0 Å². The first kappa shape index (κ1) is 22.1. The van der Waals surface area contributed by atoms with Crippen LogP contribution in [0.2, 0.25) is 0 Å². The van der Waals surface area contributed by atoms with Gasteiger partial charge in [-0.25, -0.2) is 13.2 Å². The van der Waals surface area contributed by atoms with Crippen LogP contribution in [0.5, 0.6) is 5.75 Å². The quantitative estimate of drug-likeness (QED) is 0.244. The van der Waals surface area contributed by atoms with E-state index in [1.54, 1.807) is 42.5 Å². The van der Waals surface area contributed by atoms with Crippen LogP contribution >= 0.6 is 0 Å². The summed E-state index contributed by atoms with van der Waals surface area (Å²) < 4.78 is 46.4. The van der Waals surface area contributed by atoms with Gasteiger partial charge in [-0.3, -0.25) is 4.79 Å². The first-order valence-electron chi connectivity index (χ1n) is 10.3. The normalized spacial score (nSPS) is 10.7. The van der Waals surface area contributed by atoms with Gasteiger partial charge in [0.2, 0.25) is 0 Å². The molecule has 0 aliphatic carbocycles. The molecule has 0 amide bonds. The Morgan fingerprint density at radius 3 is 2.36 bits per heavy atom. The smallest absolute Gasteiger partial charge is 0.311 e.